The lowest BCUT2D eigenvalue weighted by atomic mass is 10.2. The van der Waals surface area contributed by atoms with Crippen molar-refractivity contribution < 1.29 is 33.5 Å². The fraction of sp³-hybridized carbons (Fsp3) is 0.500. The predicted molar refractivity (Wildman–Crippen MR) is 77.0 cm³/mol. The molecule has 0 aliphatic carbocycles. The van der Waals surface area contributed by atoms with Crippen molar-refractivity contribution in [1.29, 1.82) is 0 Å². The number of nitrogens with zero attached hydrogens (tertiary/aromatic N) is 1. The summed E-state index contributed by atoms with van der Waals surface area (Å²) in [6.07, 6.45) is -0.165. The summed E-state index contributed by atoms with van der Waals surface area (Å²) in [5.41, 5.74) is 0.232. The van der Waals surface area contributed by atoms with E-state index in [1.165, 1.54) is 25.3 Å². The number of benzene rings is 1. The highest BCUT2D eigenvalue weighted by Crippen LogP contribution is 2.51. The van der Waals surface area contributed by atoms with Crippen LogP contribution in [0.1, 0.15) is 5.56 Å². The molecule has 1 aromatic carbocycles. The minimum atomic E-state index is -3.59. The van der Waals surface area contributed by atoms with Crippen LogP contribution in [0, 0.1) is 10.1 Å². The van der Waals surface area contributed by atoms with Gasteiger partial charge in [-0.2, -0.15) is 0 Å². The Kier molecular flexibility index (Phi) is 7.43. The Labute approximate surface area is 127 Å². The smallest absolute Gasteiger partial charge is 0.335 e. The first kappa shape index (κ1) is 18.5. The average molecular weight is 335 g/mol. The van der Waals surface area contributed by atoms with Crippen molar-refractivity contribution in [3.05, 3.63) is 33.9 Å². The van der Waals surface area contributed by atoms with Gasteiger partial charge < -0.3 is 24.0 Å². The molecule has 0 spiro atoms. The summed E-state index contributed by atoms with van der Waals surface area (Å²) >= 11 is 0. The topological polar surface area (TPSA) is 128 Å². The molecule has 0 heterocycles. The third-order valence-corrected chi connectivity index (χ3v) is 4.48. The van der Waals surface area contributed by atoms with Gasteiger partial charge in [-0.3, -0.25) is 14.7 Å². The van der Waals surface area contributed by atoms with Crippen molar-refractivity contribution in [1.82, 2.24) is 0 Å². The lowest BCUT2D eigenvalue weighted by Crippen LogP contribution is -2.06. The lowest BCUT2D eigenvalue weighted by Gasteiger charge is -2.18. The van der Waals surface area contributed by atoms with Crippen LogP contribution in [-0.2, 0) is 19.8 Å². The summed E-state index contributed by atoms with van der Waals surface area (Å²) in [5, 5.41) is 28.3. The highest BCUT2D eigenvalue weighted by molar-refractivity contribution is 7.53. The number of hydrogen-bond acceptors (Lipinski definition) is 8. The van der Waals surface area contributed by atoms with E-state index in [-0.39, 0.29) is 44.0 Å². The summed E-state index contributed by atoms with van der Waals surface area (Å²) < 4.78 is 27.5. The fourth-order valence-electron chi connectivity index (χ4n) is 1.68. The third kappa shape index (κ3) is 5.36. The second-order valence-electron chi connectivity index (χ2n) is 4.15. The predicted octanol–water partition coefficient (Wildman–Crippen LogP) is 1.31. The van der Waals surface area contributed by atoms with Gasteiger partial charge in [0.15, 0.2) is 5.75 Å². The molecule has 0 atom stereocenters. The molecule has 0 saturated carbocycles. The van der Waals surface area contributed by atoms with Crippen molar-refractivity contribution in [2.45, 2.75) is 6.16 Å². The van der Waals surface area contributed by atoms with E-state index in [9.17, 15) is 14.7 Å². The maximum atomic E-state index is 12.5. The van der Waals surface area contributed by atoms with Crippen LogP contribution in [0.5, 0.6) is 5.75 Å². The zero-order valence-electron chi connectivity index (χ0n) is 12.0. The first-order valence-corrected chi connectivity index (χ1v) is 8.09. The van der Waals surface area contributed by atoms with E-state index >= 15 is 0 Å². The number of ether oxygens (including phenoxy) is 1. The number of hydrogen-bond donors (Lipinski definition) is 2. The van der Waals surface area contributed by atoms with Crippen LogP contribution in [0.3, 0.4) is 0 Å². The molecule has 1 aromatic rings. The van der Waals surface area contributed by atoms with Crippen LogP contribution >= 0.6 is 7.60 Å². The molecule has 0 aliphatic heterocycles. The zero-order chi connectivity index (χ0) is 16.6. The van der Waals surface area contributed by atoms with Gasteiger partial charge >= 0.3 is 13.3 Å². The summed E-state index contributed by atoms with van der Waals surface area (Å²) in [6.45, 7) is -1.05. The molecule has 0 amide bonds. The molecule has 0 bridgehead atoms. The van der Waals surface area contributed by atoms with E-state index in [1.54, 1.807) is 0 Å². The molecule has 2 N–H and O–H groups in total. The van der Waals surface area contributed by atoms with Gasteiger partial charge in [0.1, 0.15) is 0 Å². The fourth-order valence-corrected chi connectivity index (χ4v) is 3.30. The molecule has 9 nitrogen and oxygen atoms in total. The van der Waals surface area contributed by atoms with Gasteiger partial charge in [-0.25, -0.2) is 0 Å². The van der Waals surface area contributed by atoms with E-state index in [0.29, 0.717) is 5.56 Å². The first-order valence-electron chi connectivity index (χ1n) is 6.37. The Bertz CT molecular complexity index is 538. The third-order valence-electron chi connectivity index (χ3n) is 2.58. The molecule has 0 aliphatic rings. The number of aliphatic hydroxyl groups is 2. The molecule has 22 heavy (non-hydrogen) atoms. The van der Waals surface area contributed by atoms with Gasteiger partial charge in [-0.15, -0.1) is 0 Å². The second-order valence-corrected chi connectivity index (χ2v) is 6.20. The Hall–Kier alpha value is -1.51. The minimum absolute atomic E-state index is 0.0263. The molecular formula is C12H18NO8P. The lowest BCUT2D eigenvalue weighted by molar-refractivity contribution is -0.385. The highest BCUT2D eigenvalue weighted by atomic mass is 31.2. The van der Waals surface area contributed by atoms with Crippen LogP contribution < -0.4 is 4.74 Å². The normalized spacial score (nSPS) is 11.4. The van der Waals surface area contributed by atoms with Crippen molar-refractivity contribution in [3.8, 4) is 5.75 Å². The van der Waals surface area contributed by atoms with E-state index in [1.807, 2.05) is 0 Å². The Morgan fingerprint density at radius 1 is 1.23 bits per heavy atom. The SMILES string of the molecule is COc1cc(CP(=O)(OCCO)OCCO)ccc1[N+](=O)[O-]. The van der Waals surface area contributed by atoms with E-state index in [0.717, 1.165) is 0 Å². The molecule has 1 rings (SSSR count). The van der Waals surface area contributed by atoms with Gasteiger partial charge in [0.25, 0.3) is 0 Å². The van der Waals surface area contributed by atoms with Gasteiger partial charge in [-0.1, -0.05) is 6.07 Å². The highest BCUT2D eigenvalue weighted by Gasteiger charge is 2.26. The van der Waals surface area contributed by atoms with Crippen molar-refractivity contribution in [2.75, 3.05) is 33.5 Å². The standard InChI is InChI=1S/C12H18NO8P/c1-19-12-8-10(2-3-11(12)13(16)17)9-22(18,20-6-4-14)21-7-5-15/h2-3,8,14-15H,4-7,9H2,1H3. The van der Waals surface area contributed by atoms with E-state index < -0.39 is 12.5 Å². The number of methoxy groups -OCH3 is 1. The maximum Gasteiger partial charge on any atom is 0.335 e. The molecule has 0 saturated heterocycles. The largest absolute Gasteiger partial charge is 0.490 e. The summed E-state index contributed by atoms with van der Waals surface area (Å²) in [4.78, 5) is 10.2. The summed E-state index contributed by atoms with van der Waals surface area (Å²) in [5.74, 6) is 0.0263. The Morgan fingerprint density at radius 3 is 2.27 bits per heavy atom. The molecule has 0 aromatic heterocycles. The van der Waals surface area contributed by atoms with E-state index in [2.05, 4.69) is 0 Å². The van der Waals surface area contributed by atoms with Gasteiger partial charge in [0.05, 0.1) is 44.6 Å². The van der Waals surface area contributed by atoms with Gasteiger partial charge in [0, 0.05) is 6.07 Å². The summed E-state index contributed by atoms with van der Waals surface area (Å²) in [7, 11) is -2.30. The van der Waals surface area contributed by atoms with Crippen molar-refractivity contribution >= 4 is 13.3 Å². The molecule has 124 valence electrons. The quantitative estimate of drug-likeness (QED) is 0.372. The Morgan fingerprint density at radius 2 is 1.82 bits per heavy atom. The average Bonchev–Trinajstić information content (AvgIpc) is 2.50. The zero-order valence-corrected chi connectivity index (χ0v) is 12.9. The number of nitro benzene ring substituents is 1. The number of rotatable bonds is 10. The molecule has 0 unspecified atom stereocenters. The molecule has 10 heteroatoms. The maximum absolute atomic E-state index is 12.5. The number of nitro groups is 1. The second kappa shape index (κ2) is 8.82. The van der Waals surface area contributed by atoms with Crippen molar-refractivity contribution in [2.24, 2.45) is 0 Å². The number of aliphatic hydroxyl groups excluding tert-OH is 2. The first-order chi connectivity index (χ1) is 10.5. The van der Waals surface area contributed by atoms with Crippen LogP contribution in [0.4, 0.5) is 5.69 Å². The van der Waals surface area contributed by atoms with Crippen LogP contribution in [0.25, 0.3) is 0 Å². The van der Waals surface area contributed by atoms with Crippen LogP contribution in [0.15, 0.2) is 18.2 Å². The van der Waals surface area contributed by atoms with Gasteiger partial charge in [-0.05, 0) is 11.6 Å². The summed E-state index contributed by atoms with van der Waals surface area (Å²) in [6, 6.07) is 4.02. The van der Waals surface area contributed by atoms with Gasteiger partial charge in [0.2, 0.25) is 0 Å². The minimum Gasteiger partial charge on any atom is -0.490 e. The van der Waals surface area contributed by atoms with Crippen molar-refractivity contribution in [3.63, 3.8) is 0 Å². The molecule has 0 fully saturated rings. The molecule has 0 radical (unpaired) electrons. The monoisotopic (exact) mass is 335 g/mol. The van der Waals surface area contributed by atoms with Crippen LogP contribution in [-0.4, -0.2) is 48.7 Å². The van der Waals surface area contributed by atoms with E-state index in [4.69, 9.17) is 24.0 Å². The molecular weight excluding hydrogens is 317 g/mol. The van der Waals surface area contributed by atoms with Crippen LogP contribution in [0.2, 0.25) is 0 Å². The Balaban J connectivity index is 2.97.